The number of hydrogen-bond donors (Lipinski definition) is 0. The van der Waals surface area contributed by atoms with Crippen LogP contribution >= 0.6 is 11.3 Å². The Balaban J connectivity index is 2.52. The lowest BCUT2D eigenvalue weighted by molar-refractivity contribution is 0.402. The van der Waals surface area contributed by atoms with Gasteiger partial charge in [-0.3, -0.25) is 0 Å². The largest absolute Gasteiger partial charge is 0.495 e. The zero-order valence-corrected chi connectivity index (χ0v) is 13.4. The van der Waals surface area contributed by atoms with Crippen LogP contribution < -0.4 is 9.04 Å². The van der Waals surface area contributed by atoms with Gasteiger partial charge in [-0.25, -0.2) is 17.7 Å². The summed E-state index contributed by atoms with van der Waals surface area (Å²) < 4.78 is 31.7. The van der Waals surface area contributed by atoms with Crippen molar-refractivity contribution >= 4 is 26.5 Å². The van der Waals surface area contributed by atoms with Crippen molar-refractivity contribution in [1.29, 1.82) is 0 Å². The molecule has 0 unspecified atom stereocenters. The number of aromatic nitrogens is 1. The van der Waals surface area contributed by atoms with Crippen molar-refractivity contribution in [2.24, 2.45) is 0 Å². The Labute approximate surface area is 122 Å². The van der Waals surface area contributed by atoms with Crippen molar-refractivity contribution in [2.75, 3.05) is 18.5 Å². The van der Waals surface area contributed by atoms with Gasteiger partial charge >= 0.3 is 0 Å². The molecule has 0 aliphatic rings. The number of anilines is 1. The van der Waals surface area contributed by atoms with Crippen LogP contribution in [0.1, 0.15) is 11.3 Å². The quantitative estimate of drug-likeness (QED) is 0.870. The maximum Gasteiger partial charge on any atom is 0.269 e. The Bertz CT molecular complexity index is 723. The molecule has 1 aromatic heterocycles. The van der Waals surface area contributed by atoms with Crippen molar-refractivity contribution in [3.8, 4) is 5.75 Å². The van der Waals surface area contributed by atoms with Crippen LogP contribution in [0.3, 0.4) is 0 Å². The number of nitrogens with zero attached hydrogens (tertiary/aromatic N) is 2. The van der Waals surface area contributed by atoms with Crippen LogP contribution in [0.2, 0.25) is 0 Å². The number of aryl methyl sites for hydroxylation is 2. The van der Waals surface area contributed by atoms with Crippen LogP contribution in [0.5, 0.6) is 5.75 Å². The summed E-state index contributed by atoms with van der Waals surface area (Å²) in [6.45, 7) is 3.67. The van der Waals surface area contributed by atoms with Crippen LogP contribution in [0.4, 0.5) is 5.13 Å². The molecule has 0 fully saturated rings. The number of hydrogen-bond acceptors (Lipinski definition) is 5. The summed E-state index contributed by atoms with van der Waals surface area (Å²) in [5.74, 6) is 0.329. The standard InChI is InChI=1S/C13H16N2O3S2/c1-9-5-6-11(18-4)12(7-9)20(16,17)15(3)13-14-10(2)8-19-13/h5-8H,1-4H3. The number of sulfonamides is 1. The van der Waals surface area contributed by atoms with Gasteiger partial charge in [0.25, 0.3) is 10.0 Å². The lowest BCUT2D eigenvalue weighted by atomic mass is 10.2. The Hall–Kier alpha value is -1.60. The smallest absolute Gasteiger partial charge is 0.269 e. The van der Waals surface area contributed by atoms with Crippen molar-refractivity contribution < 1.29 is 13.2 Å². The molecule has 0 N–H and O–H groups in total. The second-order valence-electron chi connectivity index (χ2n) is 4.40. The van der Waals surface area contributed by atoms with E-state index in [0.29, 0.717) is 10.9 Å². The van der Waals surface area contributed by atoms with E-state index >= 15 is 0 Å². The van der Waals surface area contributed by atoms with Gasteiger partial charge in [0.1, 0.15) is 10.6 Å². The highest BCUT2D eigenvalue weighted by Gasteiger charge is 2.27. The van der Waals surface area contributed by atoms with E-state index in [1.165, 1.54) is 29.8 Å². The Morgan fingerprint density at radius 3 is 2.55 bits per heavy atom. The van der Waals surface area contributed by atoms with Gasteiger partial charge in [-0.05, 0) is 31.5 Å². The van der Waals surface area contributed by atoms with Crippen molar-refractivity contribution in [1.82, 2.24) is 4.98 Å². The highest BCUT2D eigenvalue weighted by molar-refractivity contribution is 7.93. The molecule has 0 bridgehead atoms. The first-order valence-corrected chi connectivity index (χ1v) is 8.24. The van der Waals surface area contributed by atoms with E-state index < -0.39 is 10.0 Å². The first-order valence-electron chi connectivity index (χ1n) is 5.92. The molecule has 5 nitrogen and oxygen atoms in total. The number of thiazole rings is 1. The summed E-state index contributed by atoms with van der Waals surface area (Å²) in [7, 11) is -0.737. The predicted octanol–water partition coefficient (Wildman–Crippen LogP) is 2.59. The highest BCUT2D eigenvalue weighted by atomic mass is 32.2. The average molecular weight is 312 g/mol. The van der Waals surface area contributed by atoms with Gasteiger partial charge < -0.3 is 4.74 Å². The first kappa shape index (κ1) is 14.8. The molecule has 0 radical (unpaired) electrons. The third-order valence-corrected chi connectivity index (χ3v) is 5.75. The van der Waals surface area contributed by atoms with Gasteiger partial charge in [0, 0.05) is 12.4 Å². The molecule has 0 saturated carbocycles. The maximum absolute atomic E-state index is 12.7. The summed E-state index contributed by atoms with van der Waals surface area (Å²) in [5, 5.41) is 2.25. The second kappa shape index (κ2) is 5.41. The Morgan fingerprint density at radius 2 is 2.00 bits per heavy atom. The number of ether oxygens (including phenoxy) is 1. The minimum absolute atomic E-state index is 0.148. The van der Waals surface area contributed by atoms with Gasteiger partial charge in [-0.15, -0.1) is 11.3 Å². The molecule has 1 aromatic carbocycles. The van der Waals surface area contributed by atoms with E-state index in [-0.39, 0.29) is 4.90 Å². The summed E-state index contributed by atoms with van der Waals surface area (Å²) in [6, 6.07) is 5.07. The molecule has 108 valence electrons. The molecule has 0 aliphatic carbocycles. The summed E-state index contributed by atoms with van der Waals surface area (Å²) in [4.78, 5) is 4.35. The molecule has 1 heterocycles. The predicted molar refractivity (Wildman–Crippen MR) is 80.2 cm³/mol. The van der Waals surface area contributed by atoms with E-state index in [4.69, 9.17) is 4.74 Å². The van der Waals surface area contributed by atoms with Crippen LogP contribution in [0.15, 0.2) is 28.5 Å². The van der Waals surface area contributed by atoms with Gasteiger partial charge in [0.05, 0.1) is 12.8 Å². The van der Waals surface area contributed by atoms with E-state index in [2.05, 4.69) is 4.98 Å². The van der Waals surface area contributed by atoms with Gasteiger partial charge in [-0.2, -0.15) is 0 Å². The molecule has 2 aromatic rings. The number of methoxy groups -OCH3 is 1. The van der Waals surface area contributed by atoms with Crippen LogP contribution in [0.25, 0.3) is 0 Å². The minimum atomic E-state index is -3.69. The van der Waals surface area contributed by atoms with Crippen molar-refractivity contribution in [3.05, 3.63) is 34.8 Å². The van der Waals surface area contributed by atoms with Crippen molar-refractivity contribution in [2.45, 2.75) is 18.7 Å². The number of benzene rings is 1. The summed E-state index contributed by atoms with van der Waals surface area (Å²) >= 11 is 1.29. The minimum Gasteiger partial charge on any atom is -0.495 e. The van der Waals surface area contributed by atoms with Gasteiger partial charge in [0.2, 0.25) is 0 Å². The molecule has 0 aliphatic heterocycles. The summed E-state index contributed by atoms with van der Waals surface area (Å²) in [6.07, 6.45) is 0. The third-order valence-electron chi connectivity index (χ3n) is 2.83. The molecule has 0 amide bonds. The highest BCUT2D eigenvalue weighted by Crippen LogP contribution is 2.31. The van der Waals surface area contributed by atoms with E-state index in [1.54, 1.807) is 12.1 Å². The van der Waals surface area contributed by atoms with Crippen LogP contribution in [-0.2, 0) is 10.0 Å². The zero-order chi connectivity index (χ0) is 14.9. The lowest BCUT2D eigenvalue weighted by Gasteiger charge is -2.18. The van der Waals surface area contributed by atoms with Crippen molar-refractivity contribution in [3.63, 3.8) is 0 Å². The van der Waals surface area contributed by atoms with Crippen LogP contribution in [-0.4, -0.2) is 27.6 Å². The van der Waals surface area contributed by atoms with E-state index in [9.17, 15) is 8.42 Å². The molecule has 20 heavy (non-hydrogen) atoms. The Kier molecular flexibility index (Phi) is 4.01. The molecular weight excluding hydrogens is 296 g/mol. The van der Waals surface area contributed by atoms with Gasteiger partial charge in [0.15, 0.2) is 5.13 Å². The molecule has 0 saturated heterocycles. The summed E-state index contributed by atoms with van der Waals surface area (Å²) in [5.41, 5.74) is 1.65. The molecule has 2 rings (SSSR count). The SMILES string of the molecule is COc1ccc(C)cc1S(=O)(=O)N(C)c1nc(C)cs1. The fourth-order valence-electron chi connectivity index (χ4n) is 1.72. The van der Waals surface area contributed by atoms with Gasteiger partial charge in [-0.1, -0.05) is 6.07 Å². The molecular formula is C13H16N2O3S2. The zero-order valence-electron chi connectivity index (χ0n) is 11.7. The van der Waals surface area contributed by atoms with Crippen LogP contribution in [0, 0.1) is 13.8 Å². The molecule has 0 spiro atoms. The molecule has 7 heteroatoms. The fourth-order valence-corrected chi connectivity index (χ4v) is 4.10. The topological polar surface area (TPSA) is 59.5 Å². The maximum atomic E-state index is 12.7. The lowest BCUT2D eigenvalue weighted by Crippen LogP contribution is -2.27. The normalized spacial score (nSPS) is 11.4. The van der Waals surface area contributed by atoms with E-state index in [1.807, 2.05) is 25.3 Å². The second-order valence-corrected chi connectivity index (χ2v) is 7.17. The average Bonchev–Trinajstić information content (AvgIpc) is 2.84. The monoisotopic (exact) mass is 312 g/mol. The fraction of sp³-hybridized carbons (Fsp3) is 0.308. The molecule has 0 atom stereocenters. The Morgan fingerprint density at radius 1 is 1.30 bits per heavy atom. The van der Waals surface area contributed by atoms with E-state index in [0.717, 1.165) is 11.3 Å². The first-order chi connectivity index (χ1) is 9.36. The third kappa shape index (κ3) is 2.64. The number of rotatable bonds is 4.